The van der Waals surface area contributed by atoms with Crippen molar-refractivity contribution < 1.29 is 9.59 Å². The van der Waals surface area contributed by atoms with Crippen LogP contribution in [0.5, 0.6) is 0 Å². The molecular weight excluding hydrogens is 520 g/mol. The maximum atomic E-state index is 13.6. The van der Waals surface area contributed by atoms with Gasteiger partial charge in [-0.2, -0.15) is 5.21 Å². The number of H-pyrrole nitrogens is 2. The van der Waals surface area contributed by atoms with Crippen LogP contribution in [-0.4, -0.2) is 50.0 Å². The number of carbonyl (C=O) groups is 2. The van der Waals surface area contributed by atoms with Gasteiger partial charge in [0.25, 0.3) is 0 Å². The number of rotatable bonds is 9. The summed E-state index contributed by atoms with van der Waals surface area (Å²) in [4.78, 5) is 41.4. The second kappa shape index (κ2) is 12.7. The maximum absolute atomic E-state index is 13.6. The van der Waals surface area contributed by atoms with Crippen LogP contribution in [0.2, 0.25) is 0 Å². The average Bonchev–Trinajstić information content (AvgIpc) is 3.52. The summed E-state index contributed by atoms with van der Waals surface area (Å²) >= 11 is 0. The molecule has 0 saturated heterocycles. The number of aromatic amines is 2. The molecule has 1 saturated carbocycles. The summed E-state index contributed by atoms with van der Waals surface area (Å²) in [6.45, 7) is 2.49. The van der Waals surface area contributed by atoms with Crippen molar-refractivity contribution in [2.24, 2.45) is 17.6 Å². The zero-order valence-corrected chi connectivity index (χ0v) is 22.9. The predicted molar refractivity (Wildman–Crippen MR) is 156 cm³/mol. The van der Waals surface area contributed by atoms with Gasteiger partial charge in [-0.3, -0.25) is 14.4 Å². The number of nitrogens with zero attached hydrogens (tertiary/aromatic N) is 3. The summed E-state index contributed by atoms with van der Waals surface area (Å²) < 4.78 is 0. The molecule has 1 unspecified atom stereocenters. The fraction of sp³-hybridized carbons (Fsp3) is 0.333. The Morgan fingerprint density at radius 2 is 1.80 bits per heavy atom. The number of nitrogens with one attached hydrogen (secondary N) is 4. The first-order chi connectivity index (χ1) is 19.9. The summed E-state index contributed by atoms with van der Waals surface area (Å²) in [5, 5.41) is 19.9. The lowest BCUT2D eigenvalue weighted by Crippen LogP contribution is -2.48. The molecule has 41 heavy (non-hydrogen) atoms. The first-order valence-electron chi connectivity index (χ1n) is 13.8. The van der Waals surface area contributed by atoms with Crippen LogP contribution in [-0.2, 0) is 16.0 Å². The van der Waals surface area contributed by atoms with Crippen LogP contribution >= 0.6 is 0 Å². The molecule has 2 amide bonds. The van der Waals surface area contributed by atoms with Crippen LogP contribution in [0.1, 0.15) is 36.9 Å². The van der Waals surface area contributed by atoms with Crippen molar-refractivity contribution in [2.75, 3.05) is 11.9 Å². The molecule has 0 spiro atoms. The van der Waals surface area contributed by atoms with Gasteiger partial charge in [0.2, 0.25) is 23.2 Å². The van der Waals surface area contributed by atoms with Crippen molar-refractivity contribution in [1.82, 2.24) is 30.9 Å². The second-order valence-corrected chi connectivity index (χ2v) is 10.6. The summed E-state index contributed by atoms with van der Waals surface area (Å²) in [5.74, 6) is 0.341. The van der Waals surface area contributed by atoms with Gasteiger partial charge >= 0.3 is 0 Å². The van der Waals surface area contributed by atoms with Gasteiger partial charge in [0.15, 0.2) is 0 Å². The van der Waals surface area contributed by atoms with Gasteiger partial charge in [0, 0.05) is 40.9 Å². The topological polar surface area (TPSA) is 172 Å². The van der Waals surface area contributed by atoms with Crippen molar-refractivity contribution in [1.29, 1.82) is 0 Å². The van der Waals surface area contributed by atoms with Crippen molar-refractivity contribution in [3.05, 3.63) is 82.3 Å². The zero-order valence-electron chi connectivity index (χ0n) is 22.9. The number of carbonyl (C=O) groups excluding carboxylic acids is 2. The Balaban J connectivity index is 1.35. The smallest absolute Gasteiger partial charge is 0.248 e. The summed E-state index contributed by atoms with van der Waals surface area (Å²) in [7, 11) is 0. The van der Waals surface area contributed by atoms with Gasteiger partial charge in [0.1, 0.15) is 6.04 Å². The Hall–Kier alpha value is -4.64. The number of hydrogen-bond donors (Lipinski definition) is 5. The molecule has 11 nitrogen and oxygen atoms in total. The van der Waals surface area contributed by atoms with Gasteiger partial charge in [-0.25, -0.2) is 0 Å². The lowest BCUT2D eigenvalue weighted by Gasteiger charge is -2.28. The van der Waals surface area contributed by atoms with E-state index in [-0.39, 0.29) is 23.3 Å². The van der Waals surface area contributed by atoms with E-state index in [2.05, 4.69) is 36.2 Å². The van der Waals surface area contributed by atoms with Crippen LogP contribution in [0.3, 0.4) is 0 Å². The molecule has 11 heteroatoms. The average molecular weight is 555 g/mol. The highest BCUT2D eigenvalue weighted by molar-refractivity contribution is 5.97. The standard InChI is InChI=1S/C30H34N8O3/c1-18-25(13-14-27(39)32-18)23-4-2-3-20(15-23)16-26(34-29(40)22-7-5-19(17-31)6-8-22)30(41)33-24-11-9-21(10-12-24)28-35-37-38-36-28/h2-4,9-15,19,22,26H,5-8,16-17,31H2,1H3,(H,32,39)(H,33,41)(H,34,40)(H,35,36,37,38). The molecule has 0 aliphatic heterocycles. The van der Waals surface area contributed by atoms with Crippen LogP contribution in [0, 0.1) is 18.8 Å². The predicted octanol–water partition coefficient (Wildman–Crippen LogP) is 2.96. The fourth-order valence-corrected chi connectivity index (χ4v) is 5.37. The van der Waals surface area contributed by atoms with E-state index in [0.29, 0.717) is 30.4 Å². The number of nitrogens with two attached hydrogens (primary N) is 1. The fourth-order valence-electron chi connectivity index (χ4n) is 5.37. The zero-order chi connectivity index (χ0) is 28.8. The molecule has 212 valence electrons. The van der Waals surface area contributed by atoms with Crippen LogP contribution in [0.4, 0.5) is 5.69 Å². The van der Waals surface area contributed by atoms with Gasteiger partial charge < -0.3 is 21.4 Å². The Morgan fingerprint density at radius 3 is 2.49 bits per heavy atom. The molecule has 0 radical (unpaired) electrons. The molecule has 5 rings (SSSR count). The quantitative estimate of drug-likeness (QED) is 0.212. The summed E-state index contributed by atoms with van der Waals surface area (Å²) in [5.41, 5.74) is 10.5. The van der Waals surface area contributed by atoms with Crippen LogP contribution in [0.25, 0.3) is 22.5 Å². The van der Waals surface area contributed by atoms with E-state index in [1.165, 1.54) is 6.07 Å². The highest BCUT2D eigenvalue weighted by Gasteiger charge is 2.29. The molecule has 1 aliphatic rings. The Morgan fingerprint density at radius 1 is 1.02 bits per heavy atom. The van der Waals surface area contributed by atoms with E-state index >= 15 is 0 Å². The van der Waals surface area contributed by atoms with E-state index in [1.54, 1.807) is 30.3 Å². The third-order valence-corrected chi connectivity index (χ3v) is 7.73. The molecule has 2 heterocycles. The number of anilines is 1. The lowest BCUT2D eigenvalue weighted by atomic mass is 9.81. The van der Waals surface area contributed by atoms with Gasteiger partial charge in [-0.05, 0) is 91.7 Å². The summed E-state index contributed by atoms with van der Waals surface area (Å²) in [6, 6.07) is 17.4. The molecule has 4 aromatic rings. The first kappa shape index (κ1) is 27.9. The van der Waals surface area contributed by atoms with Crippen LogP contribution < -0.4 is 21.9 Å². The van der Waals surface area contributed by atoms with Crippen molar-refractivity contribution in [3.63, 3.8) is 0 Å². The van der Waals surface area contributed by atoms with Gasteiger partial charge in [-0.1, -0.05) is 24.3 Å². The van der Waals surface area contributed by atoms with Crippen LogP contribution in [0.15, 0.2) is 65.5 Å². The van der Waals surface area contributed by atoms with Crippen molar-refractivity contribution >= 4 is 17.5 Å². The number of benzene rings is 2. The van der Waals surface area contributed by atoms with E-state index in [4.69, 9.17) is 5.73 Å². The molecular formula is C30H34N8O3. The highest BCUT2D eigenvalue weighted by atomic mass is 16.2. The van der Waals surface area contributed by atoms with Crippen molar-refractivity contribution in [3.8, 4) is 22.5 Å². The number of aromatic nitrogens is 5. The number of amides is 2. The first-order valence-corrected chi connectivity index (χ1v) is 13.8. The SMILES string of the molecule is Cc1[nH]c(=O)ccc1-c1cccc(CC(NC(=O)C2CCC(CN)CC2)C(=O)Nc2ccc(-c3nn[nH]n3)cc2)c1. The minimum absolute atomic E-state index is 0.110. The lowest BCUT2D eigenvalue weighted by molar-refractivity contribution is -0.130. The van der Waals surface area contributed by atoms with E-state index in [1.807, 2.05) is 31.2 Å². The largest absolute Gasteiger partial charge is 0.344 e. The number of aryl methyl sites for hydroxylation is 1. The van der Waals surface area contributed by atoms with Crippen molar-refractivity contribution in [2.45, 2.75) is 45.1 Å². The molecule has 1 fully saturated rings. The normalized spacial score (nSPS) is 17.5. The Kier molecular flexibility index (Phi) is 8.64. The molecule has 2 aromatic carbocycles. The highest BCUT2D eigenvalue weighted by Crippen LogP contribution is 2.29. The molecule has 1 atom stereocenters. The monoisotopic (exact) mass is 554 g/mol. The van der Waals surface area contributed by atoms with E-state index in [9.17, 15) is 14.4 Å². The molecule has 2 aromatic heterocycles. The number of tetrazole rings is 1. The Labute approximate surface area is 237 Å². The van der Waals surface area contributed by atoms with E-state index < -0.39 is 6.04 Å². The van der Waals surface area contributed by atoms with Gasteiger partial charge in [0.05, 0.1) is 0 Å². The number of hydrogen-bond acceptors (Lipinski definition) is 7. The third kappa shape index (κ3) is 6.93. The molecule has 1 aliphatic carbocycles. The summed E-state index contributed by atoms with van der Waals surface area (Å²) in [6.07, 6.45) is 3.66. The molecule has 0 bridgehead atoms. The minimum Gasteiger partial charge on any atom is -0.344 e. The minimum atomic E-state index is -0.793. The third-order valence-electron chi connectivity index (χ3n) is 7.73. The molecule has 6 N–H and O–H groups in total. The number of pyridine rings is 1. The maximum Gasteiger partial charge on any atom is 0.248 e. The second-order valence-electron chi connectivity index (χ2n) is 10.6. The van der Waals surface area contributed by atoms with E-state index in [0.717, 1.165) is 53.6 Å². The van der Waals surface area contributed by atoms with Gasteiger partial charge in [-0.15, -0.1) is 10.2 Å². The Bertz CT molecular complexity index is 1540.